The molecule has 1 aromatic rings. The summed E-state index contributed by atoms with van der Waals surface area (Å²) in [7, 11) is 4.07. The van der Waals surface area contributed by atoms with Crippen molar-refractivity contribution in [3.63, 3.8) is 0 Å². The topological polar surface area (TPSA) is 61.8 Å². The lowest BCUT2D eigenvalue weighted by atomic mass is 10.1. The van der Waals surface area contributed by atoms with Gasteiger partial charge in [-0.3, -0.25) is 0 Å². The Morgan fingerprint density at radius 3 is 2.39 bits per heavy atom. The van der Waals surface area contributed by atoms with Crippen LogP contribution in [0.4, 0.5) is 0 Å². The molecule has 0 amide bonds. The lowest BCUT2D eigenvalue weighted by molar-refractivity contribution is -0.134. The standard InChI is InChI=1S/C13H14O5/c1-16-10-6-4-9(5-7-12(14)17-2)11(8-10)13(15)18-3/h4-8H,1-3H3/b7-5+. The molecule has 0 radical (unpaired) electrons. The third-order valence-electron chi connectivity index (χ3n) is 2.27. The minimum atomic E-state index is -0.501. The number of carbonyl (C=O) groups excluding carboxylic acids is 2. The van der Waals surface area contributed by atoms with Crippen LogP contribution >= 0.6 is 0 Å². The summed E-state index contributed by atoms with van der Waals surface area (Å²) in [6, 6.07) is 4.89. The first-order valence-electron chi connectivity index (χ1n) is 5.14. The second kappa shape index (κ2) is 6.44. The molecule has 0 fully saturated rings. The van der Waals surface area contributed by atoms with Gasteiger partial charge in [0.15, 0.2) is 0 Å². The number of hydrogen-bond donors (Lipinski definition) is 0. The number of hydrogen-bond acceptors (Lipinski definition) is 5. The highest BCUT2D eigenvalue weighted by molar-refractivity contribution is 5.96. The van der Waals surface area contributed by atoms with Gasteiger partial charge in [0.1, 0.15) is 5.75 Å². The first-order valence-corrected chi connectivity index (χ1v) is 5.14. The van der Waals surface area contributed by atoms with E-state index in [1.165, 1.54) is 33.5 Å². The Hall–Kier alpha value is -2.30. The quantitative estimate of drug-likeness (QED) is 0.601. The number of carbonyl (C=O) groups is 2. The van der Waals surface area contributed by atoms with Crippen LogP contribution in [0.2, 0.25) is 0 Å². The third kappa shape index (κ3) is 3.35. The highest BCUT2D eigenvalue weighted by Crippen LogP contribution is 2.19. The second-order valence-corrected chi connectivity index (χ2v) is 3.30. The molecule has 0 aliphatic carbocycles. The van der Waals surface area contributed by atoms with Crippen molar-refractivity contribution in [3.8, 4) is 5.75 Å². The number of benzene rings is 1. The first kappa shape index (κ1) is 13.8. The second-order valence-electron chi connectivity index (χ2n) is 3.30. The van der Waals surface area contributed by atoms with Crippen molar-refractivity contribution in [2.75, 3.05) is 21.3 Å². The Morgan fingerprint density at radius 1 is 1.11 bits per heavy atom. The molecule has 96 valence electrons. The van der Waals surface area contributed by atoms with Crippen LogP contribution in [0, 0.1) is 0 Å². The van der Waals surface area contributed by atoms with E-state index in [-0.39, 0.29) is 0 Å². The van der Waals surface area contributed by atoms with Crippen molar-refractivity contribution < 1.29 is 23.8 Å². The lowest BCUT2D eigenvalue weighted by Gasteiger charge is -2.06. The van der Waals surface area contributed by atoms with Gasteiger partial charge >= 0.3 is 11.9 Å². The minimum Gasteiger partial charge on any atom is -0.497 e. The van der Waals surface area contributed by atoms with E-state index in [1.54, 1.807) is 18.2 Å². The molecule has 0 bridgehead atoms. The zero-order valence-electron chi connectivity index (χ0n) is 10.4. The monoisotopic (exact) mass is 250 g/mol. The number of ether oxygens (including phenoxy) is 3. The molecule has 18 heavy (non-hydrogen) atoms. The Bertz CT molecular complexity index is 476. The van der Waals surface area contributed by atoms with Crippen LogP contribution in [0.1, 0.15) is 15.9 Å². The summed E-state index contributed by atoms with van der Waals surface area (Å²) >= 11 is 0. The molecule has 1 rings (SSSR count). The summed E-state index contributed by atoms with van der Waals surface area (Å²) in [5, 5.41) is 0. The summed E-state index contributed by atoms with van der Waals surface area (Å²) in [6.45, 7) is 0. The molecule has 0 spiro atoms. The molecular formula is C13H14O5. The van der Waals surface area contributed by atoms with Crippen LogP contribution in [-0.2, 0) is 14.3 Å². The van der Waals surface area contributed by atoms with E-state index < -0.39 is 11.9 Å². The molecule has 0 saturated carbocycles. The fraction of sp³-hybridized carbons (Fsp3) is 0.231. The predicted molar refractivity (Wildman–Crippen MR) is 65.4 cm³/mol. The average Bonchev–Trinajstić information content (AvgIpc) is 2.43. The number of methoxy groups -OCH3 is 3. The molecule has 0 aliphatic rings. The van der Waals surface area contributed by atoms with Crippen LogP contribution in [0.25, 0.3) is 6.08 Å². The van der Waals surface area contributed by atoms with Crippen molar-refractivity contribution in [3.05, 3.63) is 35.4 Å². The van der Waals surface area contributed by atoms with E-state index in [0.717, 1.165) is 0 Å². The largest absolute Gasteiger partial charge is 0.497 e. The van der Waals surface area contributed by atoms with Gasteiger partial charge in [0, 0.05) is 6.08 Å². The smallest absolute Gasteiger partial charge is 0.338 e. The van der Waals surface area contributed by atoms with Gasteiger partial charge in [0.25, 0.3) is 0 Å². The fourth-order valence-electron chi connectivity index (χ4n) is 1.32. The average molecular weight is 250 g/mol. The third-order valence-corrected chi connectivity index (χ3v) is 2.27. The summed E-state index contributed by atoms with van der Waals surface area (Å²) in [5.74, 6) is -0.467. The van der Waals surface area contributed by atoms with Crippen molar-refractivity contribution >= 4 is 18.0 Å². The van der Waals surface area contributed by atoms with Crippen LogP contribution < -0.4 is 4.74 Å². The van der Waals surface area contributed by atoms with E-state index in [1.807, 2.05) is 0 Å². The first-order chi connectivity index (χ1) is 8.62. The van der Waals surface area contributed by atoms with E-state index in [2.05, 4.69) is 9.47 Å². The molecule has 5 nitrogen and oxygen atoms in total. The molecule has 0 aliphatic heterocycles. The maximum Gasteiger partial charge on any atom is 0.338 e. The van der Waals surface area contributed by atoms with E-state index in [0.29, 0.717) is 16.9 Å². The zero-order valence-corrected chi connectivity index (χ0v) is 10.4. The van der Waals surface area contributed by atoms with Gasteiger partial charge in [-0.15, -0.1) is 0 Å². The van der Waals surface area contributed by atoms with Crippen LogP contribution in [0.5, 0.6) is 5.75 Å². The van der Waals surface area contributed by atoms with Gasteiger partial charge in [0.2, 0.25) is 0 Å². The van der Waals surface area contributed by atoms with Crippen LogP contribution in [0.15, 0.2) is 24.3 Å². The highest BCUT2D eigenvalue weighted by Gasteiger charge is 2.11. The molecular weight excluding hydrogens is 236 g/mol. The Labute approximate surface area is 105 Å². The number of esters is 2. The van der Waals surface area contributed by atoms with Gasteiger partial charge in [-0.1, -0.05) is 6.07 Å². The highest BCUT2D eigenvalue weighted by atomic mass is 16.5. The van der Waals surface area contributed by atoms with Gasteiger partial charge in [-0.05, 0) is 23.8 Å². The molecule has 1 aromatic carbocycles. The van der Waals surface area contributed by atoms with Crippen molar-refractivity contribution in [2.45, 2.75) is 0 Å². The van der Waals surface area contributed by atoms with Crippen LogP contribution in [0.3, 0.4) is 0 Å². The van der Waals surface area contributed by atoms with Gasteiger partial charge < -0.3 is 14.2 Å². The predicted octanol–water partition coefficient (Wildman–Crippen LogP) is 1.67. The molecule has 0 N–H and O–H groups in total. The number of rotatable bonds is 4. The van der Waals surface area contributed by atoms with Crippen molar-refractivity contribution in [1.82, 2.24) is 0 Å². The van der Waals surface area contributed by atoms with Crippen molar-refractivity contribution in [2.24, 2.45) is 0 Å². The van der Waals surface area contributed by atoms with E-state index in [9.17, 15) is 9.59 Å². The summed E-state index contributed by atoms with van der Waals surface area (Å²) in [4.78, 5) is 22.6. The Balaban J connectivity index is 3.14. The maximum atomic E-state index is 11.6. The van der Waals surface area contributed by atoms with Gasteiger partial charge in [-0.25, -0.2) is 9.59 Å². The summed E-state index contributed by atoms with van der Waals surface area (Å²) in [5.41, 5.74) is 0.866. The Kier molecular flexibility index (Phi) is 4.92. The maximum absolute atomic E-state index is 11.6. The minimum absolute atomic E-state index is 0.317. The zero-order chi connectivity index (χ0) is 13.5. The summed E-state index contributed by atoms with van der Waals surface area (Å²) in [6.07, 6.45) is 2.71. The van der Waals surface area contributed by atoms with Gasteiger partial charge in [-0.2, -0.15) is 0 Å². The SMILES string of the molecule is COC(=O)/C=C/c1ccc(OC)cc1C(=O)OC. The lowest BCUT2D eigenvalue weighted by Crippen LogP contribution is -2.04. The van der Waals surface area contributed by atoms with E-state index >= 15 is 0 Å². The Morgan fingerprint density at radius 2 is 1.83 bits per heavy atom. The van der Waals surface area contributed by atoms with Crippen molar-refractivity contribution in [1.29, 1.82) is 0 Å². The molecule has 0 heterocycles. The molecule has 0 aromatic heterocycles. The van der Waals surface area contributed by atoms with E-state index in [4.69, 9.17) is 4.74 Å². The molecule has 0 unspecified atom stereocenters. The molecule has 0 saturated heterocycles. The fourth-order valence-corrected chi connectivity index (χ4v) is 1.32. The normalized spacial score (nSPS) is 10.2. The van der Waals surface area contributed by atoms with Gasteiger partial charge in [0.05, 0.1) is 26.9 Å². The molecule has 0 atom stereocenters. The molecule has 5 heteroatoms. The van der Waals surface area contributed by atoms with Crippen LogP contribution in [-0.4, -0.2) is 33.3 Å². The summed E-state index contributed by atoms with van der Waals surface area (Å²) < 4.78 is 14.2.